The standard InChI is InChI=1S/C20H20F3N3O/c1-18(12-26(2)13-18)20(27,17-7-15(9-24)10-25-11-17)16-5-3-14(4-6-16)8-19(21,22)23/h3-7,10-11,27H,8,12-13H2,1-2H3. The third-order valence-electron chi connectivity index (χ3n) is 5.17. The molecule has 4 nitrogen and oxygen atoms in total. The number of rotatable bonds is 4. The predicted molar refractivity (Wildman–Crippen MR) is 93.8 cm³/mol. The van der Waals surface area contributed by atoms with Crippen LogP contribution in [0.15, 0.2) is 42.7 Å². The van der Waals surface area contributed by atoms with Crippen LogP contribution in [0.3, 0.4) is 0 Å². The lowest BCUT2D eigenvalue weighted by Crippen LogP contribution is -2.63. The van der Waals surface area contributed by atoms with Crippen LogP contribution in [-0.2, 0) is 12.0 Å². The van der Waals surface area contributed by atoms with Crippen LogP contribution in [0.25, 0.3) is 0 Å². The van der Waals surface area contributed by atoms with E-state index < -0.39 is 23.6 Å². The van der Waals surface area contributed by atoms with Gasteiger partial charge in [0.15, 0.2) is 0 Å². The lowest BCUT2D eigenvalue weighted by Gasteiger charge is -2.55. The minimum Gasteiger partial charge on any atom is -0.380 e. The first-order chi connectivity index (χ1) is 12.6. The van der Waals surface area contributed by atoms with E-state index in [-0.39, 0.29) is 5.56 Å². The zero-order chi connectivity index (χ0) is 19.9. The molecule has 1 N–H and O–H groups in total. The van der Waals surface area contributed by atoms with Gasteiger partial charge in [-0.05, 0) is 24.2 Å². The molecule has 1 aromatic carbocycles. The van der Waals surface area contributed by atoms with Gasteiger partial charge in [0, 0.05) is 36.5 Å². The molecule has 7 heteroatoms. The summed E-state index contributed by atoms with van der Waals surface area (Å²) in [6.45, 7) is 3.13. The van der Waals surface area contributed by atoms with Crippen molar-refractivity contribution in [1.82, 2.24) is 9.88 Å². The highest BCUT2D eigenvalue weighted by molar-refractivity contribution is 5.43. The van der Waals surface area contributed by atoms with Crippen molar-refractivity contribution in [2.45, 2.75) is 25.1 Å². The molecule has 1 aliphatic rings. The van der Waals surface area contributed by atoms with Crippen LogP contribution in [0.5, 0.6) is 0 Å². The Labute approximate surface area is 155 Å². The van der Waals surface area contributed by atoms with Crippen molar-refractivity contribution >= 4 is 0 Å². The molecule has 1 aromatic heterocycles. The smallest absolute Gasteiger partial charge is 0.380 e. The molecule has 0 saturated carbocycles. The Morgan fingerprint density at radius 1 is 1.19 bits per heavy atom. The highest BCUT2D eigenvalue weighted by Gasteiger charge is 2.55. The third-order valence-corrected chi connectivity index (χ3v) is 5.17. The third kappa shape index (κ3) is 3.55. The molecule has 1 saturated heterocycles. The Balaban J connectivity index is 2.07. The van der Waals surface area contributed by atoms with Crippen LogP contribution in [0.2, 0.25) is 0 Å². The predicted octanol–water partition coefficient (Wildman–Crippen LogP) is 3.25. The molecule has 1 unspecified atom stereocenters. The van der Waals surface area contributed by atoms with E-state index in [2.05, 4.69) is 4.98 Å². The van der Waals surface area contributed by atoms with Gasteiger partial charge in [0.1, 0.15) is 11.7 Å². The van der Waals surface area contributed by atoms with E-state index in [1.165, 1.54) is 36.7 Å². The van der Waals surface area contributed by atoms with E-state index in [4.69, 9.17) is 0 Å². The molecular formula is C20H20F3N3O. The average molecular weight is 375 g/mol. The van der Waals surface area contributed by atoms with E-state index >= 15 is 0 Å². The summed E-state index contributed by atoms with van der Waals surface area (Å²) in [7, 11) is 1.93. The van der Waals surface area contributed by atoms with Gasteiger partial charge in [-0.25, -0.2) is 0 Å². The summed E-state index contributed by atoms with van der Waals surface area (Å²) >= 11 is 0. The summed E-state index contributed by atoms with van der Waals surface area (Å²) < 4.78 is 37.9. The van der Waals surface area contributed by atoms with Gasteiger partial charge in [-0.2, -0.15) is 18.4 Å². The summed E-state index contributed by atoms with van der Waals surface area (Å²) in [5.41, 5.74) is -0.648. The fourth-order valence-corrected chi connectivity index (χ4v) is 4.03. The highest BCUT2D eigenvalue weighted by atomic mass is 19.4. The lowest BCUT2D eigenvalue weighted by atomic mass is 9.62. The molecule has 142 valence electrons. The molecular weight excluding hydrogens is 355 g/mol. The van der Waals surface area contributed by atoms with Gasteiger partial charge in [-0.3, -0.25) is 4.98 Å². The maximum absolute atomic E-state index is 12.6. The number of nitriles is 1. The first-order valence-corrected chi connectivity index (χ1v) is 8.50. The molecule has 2 aromatic rings. The zero-order valence-electron chi connectivity index (χ0n) is 15.1. The molecule has 0 spiro atoms. The molecule has 0 amide bonds. The van der Waals surface area contributed by atoms with Gasteiger partial charge < -0.3 is 10.0 Å². The van der Waals surface area contributed by atoms with Crippen LogP contribution in [0.4, 0.5) is 13.2 Å². The Morgan fingerprint density at radius 3 is 2.33 bits per heavy atom. The average Bonchev–Trinajstić information content (AvgIpc) is 2.59. The number of likely N-dealkylation sites (tertiary alicyclic amines) is 1. The van der Waals surface area contributed by atoms with E-state index in [0.717, 1.165) is 0 Å². The van der Waals surface area contributed by atoms with Gasteiger partial charge in [0.25, 0.3) is 0 Å². The number of pyridine rings is 1. The normalized spacial score (nSPS) is 19.0. The summed E-state index contributed by atoms with van der Waals surface area (Å²) in [6, 6.07) is 9.44. The topological polar surface area (TPSA) is 60.1 Å². The number of benzene rings is 1. The number of halogens is 3. The minimum atomic E-state index is -4.29. The Morgan fingerprint density at radius 2 is 1.81 bits per heavy atom. The number of hydrogen-bond acceptors (Lipinski definition) is 4. The van der Waals surface area contributed by atoms with Crippen molar-refractivity contribution in [3.8, 4) is 6.07 Å². The fraction of sp³-hybridized carbons (Fsp3) is 0.400. The van der Waals surface area contributed by atoms with Gasteiger partial charge >= 0.3 is 6.18 Å². The van der Waals surface area contributed by atoms with Gasteiger partial charge in [0.05, 0.1) is 12.0 Å². The molecule has 1 fully saturated rings. The Bertz CT molecular complexity index is 867. The molecule has 27 heavy (non-hydrogen) atoms. The molecule has 0 radical (unpaired) electrons. The summed E-state index contributed by atoms with van der Waals surface area (Å²) in [4.78, 5) is 6.11. The lowest BCUT2D eigenvalue weighted by molar-refractivity contribution is -0.128. The van der Waals surface area contributed by atoms with Crippen LogP contribution in [-0.4, -0.2) is 41.3 Å². The van der Waals surface area contributed by atoms with Crippen LogP contribution < -0.4 is 0 Å². The quantitative estimate of drug-likeness (QED) is 0.891. The molecule has 1 aliphatic heterocycles. The number of aliphatic hydroxyl groups is 1. The summed E-state index contributed by atoms with van der Waals surface area (Å²) in [5, 5.41) is 21.0. The second-order valence-electron chi connectivity index (χ2n) is 7.51. The van der Waals surface area contributed by atoms with Crippen LogP contribution in [0.1, 0.15) is 29.2 Å². The van der Waals surface area contributed by atoms with Crippen molar-refractivity contribution in [3.63, 3.8) is 0 Å². The van der Waals surface area contributed by atoms with Crippen molar-refractivity contribution in [3.05, 3.63) is 65.0 Å². The van der Waals surface area contributed by atoms with E-state index in [1.807, 2.05) is 24.9 Å². The maximum atomic E-state index is 12.6. The maximum Gasteiger partial charge on any atom is 0.393 e. The second kappa shape index (κ2) is 6.63. The van der Waals surface area contributed by atoms with Crippen molar-refractivity contribution in [1.29, 1.82) is 5.26 Å². The molecule has 0 bridgehead atoms. The van der Waals surface area contributed by atoms with Crippen molar-refractivity contribution in [2.24, 2.45) is 5.41 Å². The largest absolute Gasteiger partial charge is 0.393 e. The molecule has 0 aliphatic carbocycles. The first kappa shape index (κ1) is 19.3. The number of aromatic nitrogens is 1. The minimum absolute atomic E-state index is 0.133. The van der Waals surface area contributed by atoms with Crippen LogP contribution in [0, 0.1) is 16.7 Å². The number of hydrogen-bond donors (Lipinski definition) is 1. The monoisotopic (exact) mass is 375 g/mol. The summed E-state index contributed by atoms with van der Waals surface area (Å²) in [6.07, 6.45) is -2.39. The van der Waals surface area contributed by atoms with Crippen molar-refractivity contribution < 1.29 is 18.3 Å². The van der Waals surface area contributed by atoms with E-state index in [1.54, 1.807) is 6.07 Å². The number of alkyl halides is 3. The summed E-state index contributed by atoms with van der Waals surface area (Å²) in [5.74, 6) is 0. The van der Waals surface area contributed by atoms with Crippen LogP contribution >= 0.6 is 0 Å². The molecule has 1 atom stereocenters. The van der Waals surface area contributed by atoms with Gasteiger partial charge in [0.2, 0.25) is 0 Å². The van der Waals surface area contributed by atoms with E-state index in [9.17, 15) is 23.5 Å². The SMILES string of the molecule is CN1CC(C)(C(O)(c2ccc(CC(F)(F)F)cc2)c2cncc(C#N)c2)C1. The zero-order valence-corrected chi connectivity index (χ0v) is 15.1. The van der Waals surface area contributed by atoms with Crippen molar-refractivity contribution in [2.75, 3.05) is 20.1 Å². The molecule has 2 heterocycles. The second-order valence-corrected chi connectivity index (χ2v) is 7.51. The molecule has 3 rings (SSSR count). The Kier molecular flexibility index (Phi) is 4.74. The highest BCUT2D eigenvalue weighted by Crippen LogP contribution is 2.50. The fourth-order valence-electron chi connectivity index (χ4n) is 4.03. The van der Waals surface area contributed by atoms with Gasteiger partial charge in [-0.15, -0.1) is 0 Å². The van der Waals surface area contributed by atoms with E-state index in [0.29, 0.717) is 29.8 Å². The van der Waals surface area contributed by atoms with Gasteiger partial charge in [-0.1, -0.05) is 31.2 Å². The Hall–Kier alpha value is -2.43. The first-order valence-electron chi connectivity index (χ1n) is 8.50. The number of nitrogens with zero attached hydrogens (tertiary/aromatic N) is 3.